The fourth-order valence-corrected chi connectivity index (χ4v) is 0.999. The van der Waals surface area contributed by atoms with Gasteiger partial charge in [-0.3, -0.25) is 4.98 Å². The second kappa shape index (κ2) is 4.77. The van der Waals surface area contributed by atoms with Crippen LogP contribution in [-0.4, -0.2) is 30.2 Å². The lowest BCUT2D eigenvalue weighted by atomic mass is 10.2. The van der Waals surface area contributed by atoms with E-state index in [-0.39, 0.29) is 0 Å². The van der Waals surface area contributed by atoms with E-state index >= 15 is 0 Å². The number of rotatable bonds is 4. The van der Waals surface area contributed by atoms with Gasteiger partial charge in [0, 0.05) is 18.7 Å². The van der Waals surface area contributed by atoms with Crippen LogP contribution >= 0.6 is 0 Å². The Hall–Kier alpha value is -1.16. The van der Waals surface area contributed by atoms with Gasteiger partial charge in [-0.15, -0.1) is 0 Å². The molecule has 1 N–H and O–H groups in total. The van der Waals surface area contributed by atoms with E-state index in [2.05, 4.69) is 22.2 Å². The molecule has 0 aliphatic heterocycles. The largest absolute Gasteiger partial charge is 0.480 e. The molecular formula is C9H15N3O. The molecular weight excluding hydrogens is 166 g/mol. The van der Waals surface area contributed by atoms with Gasteiger partial charge >= 0.3 is 0 Å². The summed E-state index contributed by atoms with van der Waals surface area (Å²) < 4.78 is 4.98. The quantitative estimate of drug-likeness (QED) is 0.740. The lowest BCUT2D eigenvalue weighted by Crippen LogP contribution is -2.24. The van der Waals surface area contributed by atoms with Crippen LogP contribution in [0.3, 0.4) is 0 Å². The summed E-state index contributed by atoms with van der Waals surface area (Å²) >= 11 is 0. The highest BCUT2D eigenvalue weighted by Crippen LogP contribution is 2.05. The number of likely N-dealkylation sites (N-methyl/N-ethyl adjacent to an activating group) is 1. The van der Waals surface area contributed by atoms with Crippen LogP contribution in [-0.2, 0) is 6.42 Å². The predicted octanol–water partition coefficient (Wildman–Crippen LogP) is 0.636. The number of hydrogen-bond acceptors (Lipinski definition) is 4. The zero-order valence-corrected chi connectivity index (χ0v) is 8.24. The Kier molecular flexibility index (Phi) is 3.64. The van der Waals surface area contributed by atoms with Crippen LogP contribution in [0.15, 0.2) is 12.4 Å². The first-order valence-corrected chi connectivity index (χ1v) is 4.28. The van der Waals surface area contributed by atoms with Crippen LogP contribution in [0, 0.1) is 0 Å². The molecule has 1 aromatic heterocycles. The third-order valence-corrected chi connectivity index (χ3v) is 1.88. The van der Waals surface area contributed by atoms with Gasteiger partial charge in [0.1, 0.15) is 0 Å². The number of nitrogens with zero attached hydrogens (tertiary/aromatic N) is 2. The average molecular weight is 181 g/mol. The molecule has 72 valence electrons. The summed E-state index contributed by atoms with van der Waals surface area (Å²) in [6.45, 7) is 2.10. The monoisotopic (exact) mass is 181 g/mol. The van der Waals surface area contributed by atoms with Gasteiger partial charge in [-0.2, -0.15) is 0 Å². The number of nitrogens with one attached hydrogen (secondary N) is 1. The van der Waals surface area contributed by atoms with Gasteiger partial charge in [0.25, 0.3) is 0 Å². The van der Waals surface area contributed by atoms with Gasteiger partial charge in [-0.05, 0) is 14.0 Å². The highest BCUT2D eigenvalue weighted by molar-refractivity contribution is 5.08. The minimum absolute atomic E-state index is 0.404. The van der Waals surface area contributed by atoms with Crippen molar-refractivity contribution in [3.8, 4) is 5.88 Å². The summed E-state index contributed by atoms with van der Waals surface area (Å²) in [5.41, 5.74) is 0.946. The van der Waals surface area contributed by atoms with Crippen LogP contribution in [0.5, 0.6) is 5.88 Å². The molecule has 0 saturated carbocycles. The number of methoxy groups -OCH3 is 1. The van der Waals surface area contributed by atoms with E-state index in [0.717, 1.165) is 12.1 Å². The Labute approximate surface area is 78.4 Å². The first-order chi connectivity index (χ1) is 6.26. The van der Waals surface area contributed by atoms with Gasteiger partial charge in [-0.1, -0.05) is 0 Å². The van der Waals surface area contributed by atoms with Crippen molar-refractivity contribution in [1.29, 1.82) is 0 Å². The lowest BCUT2D eigenvalue weighted by Gasteiger charge is -2.08. The molecule has 1 aromatic rings. The molecule has 1 heterocycles. The van der Waals surface area contributed by atoms with E-state index < -0.39 is 0 Å². The highest BCUT2D eigenvalue weighted by atomic mass is 16.5. The fraction of sp³-hybridized carbons (Fsp3) is 0.556. The summed E-state index contributed by atoms with van der Waals surface area (Å²) in [5.74, 6) is 0.570. The Morgan fingerprint density at radius 3 is 2.92 bits per heavy atom. The van der Waals surface area contributed by atoms with Gasteiger partial charge in [0.15, 0.2) is 0 Å². The maximum absolute atomic E-state index is 4.98. The minimum Gasteiger partial charge on any atom is -0.480 e. The zero-order chi connectivity index (χ0) is 9.68. The molecule has 4 nitrogen and oxygen atoms in total. The smallest absolute Gasteiger partial charge is 0.232 e. The van der Waals surface area contributed by atoms with Crippen molar-refractivity contribution >= 4 is 0 Å². The number of ether oxygens (including phenoxy) is 1. The Morgan fingerprint density at radius 2 is 2.31 bits per heavy atom. The maximum atomic E-state index is 4.98. The van der Waals surface area contributed by atoms with E-state index in [4.69, 9.17) is 4.74 Å². The zero-order valence-electron chi connectivity index (χ0n) is 8.24. The minimum atomic E-state index is 0.404. The van der Waals surface area contributed by atoms with Crippen molar-refractivity contribution in [2.45, 2.75) is 19.4 Å². The summed E-state index contributed by atoms with van der Waals surface area (Å²) in [5, 5.41) is 3.14. The lowest BCUT2D eigenvalue weighted by molar-refractivity contribution is 0.393. The molecule has 0 saturated heterocycles. The van der Waals surface area contributed by atoms with Crippen molar-refractivity contribution in [3.05, 3.63) is 18.1 Å². The van der Waals surface area contributed by atoms with Gasteiger partial charge in [0.05, 0.1) is 19.0 Å². The predicted molar refractivity (Wildman–Crippen MR) is 50.8 cm³/mol. The summed E-state index contributed by atoms with van der Waals surface area (Å²) in [6.07, 6.45) is 4.23. The van der Waals surface area contributed by atoms with Gasteiger partial charge in [-0.25, -0.2) is 4.98 Å². The van der Waals surface area contributed by atoms with Crippen molar-refractivity contribution in [3.63, 3.8) is 0 Å². The molecule has 4 heteroatoms. The molecule has 0 radical (unpaired) electrons. The molecule has 0 aliphatic carbocycles. The summed E-state index contributed by atoms with van der Waals surface area (Å²) in [7, 11) is 3.52. The van der Waals surface area contributed by atoms with Gasteiger partial charge in [0.2, 0.25) is 5.88 Å². The number of hydrogen-bond donors (Lipinski definition) is 1. The normalized spacial score (nSPS) is 12.5. The molecule has 0 fully saturated rings. The first-order valence-electron chi connectivity index (χ1n) is 4.28. The third kappa shape index (κ3) is 2.99. The molecule has 0 amide bonds. The van der Waals surface area contributed by atoms with E-state index in [1.54, 1.807) is 19.5 Å². The topological polar surface area (TPSA) is 47.0 Å². The molecule has 1 rings (SSSR count). The molecule has 1 unspecified atom stereocenters. The molecule has 0 aromatic carbocycles. The van der Waals surface area contributed by atoms with Crippen molar-refractivity contribution in [1.82, 2.24) is 15.3 Å². The first kappa shape index (κ1) is 9.92. The van der Waals surface area contributed by atoms with E-state index in [0.29, 0.717) is 11.9 Å². The Morgan fingerprint density at radius 1 is 1.54 bits per heavy atom. The second-order valence-electron chi connectivity index (χ2n) is 2.95. The Bertz CT molecular complexity index is 265. The van der Waals surface area contributed by atoms with Crippen LogP contribution in [0.1, 0.15) is 12.6 Å². The Balaban J connectivity index is 2.66. The van der Waals surface area contributed by atoms with Crippen LogP contribution in [0.2, 0.25) is 0 Å². The van der Waals surface area contributed by atoms with E-state index in [1.165, 1.54) is 0 Å². The fourth-order valence-electron chi connectivity index (χ4n) is 0.999. The third-order valence-electron chi connectivity index (χ3n) is 1.88. The average Bonchev–Trinajstić information content (AvgIpc) is 2.18. The standard InChI is InChI=1S/C9H15N3O/c1-7(10-2)4-8-5-11-6-9(12-8)13-3/h5-7,10H,4H2,1-3H3. The molecule has 0 aliphatic rings. The van der Waals surface area contributed by atoms with E-state index in [9.17, 15) is 0 Å². The van der Waals surface area contributed by atoms with Crippen molar-refractivity contribution in [2.24, 2.45) is 0 Å². The van der Waals surface area contributed by atoms with Crippen molar-refractivity contribution < 1.29 is 4.74 Å². The molecule has 0 spiro atoms. The van der Waals surface area contributed by atoms with Crippen LogP contribution in [0.25, 0.3) is 0 Å². The molecule has 0 bridgehead atoms. The van der Waals surface area contributed by atoms with Crippen LogP contribution < -0.4 is 10.1 Å². The second-order valence-corrected chi connectivity index (χ2v) is 2.95. The SMILES string of the molecule is CNC(C)Cc1cncc(OC)n1. The summed E-state index contributed by atoms with van der Waals surface area (Å²) in [4.78, 5) is 8.28. The number of aromatic nitrogens is 2. The highest BCUT2D eigenvalue weighted by Gasteiger charge is 2.03. The van der Waals surface area contributed by atoms with E-state index in [1.807, 2.05) is 7.05 Å². The van der Waals surface area contributed by atoms with Crippen LogP contribution in [0.4, 0.5) is 0 Å². The van der Waals surface area contributed by atoms with Crippen molar-refractivity contribution in [2.75, 3.05) is 14.2 Å². The maximum Gasteiger partial charge on any atom is 0.232 e. The molecule has 1 atom stereocenters. The van der Waals surface area contributed by atoms with Gasteiger partial charge < -0.3 is 10.1 Å². The molecule has 13 heavy (non-hydrogen) atoms. The summed E-state index contributed by atoms with van der Waals surface area (Å²) in [6, 6.07) is 0.404.